The third kappa shape index (κ3) is 8.19. The Morgan fingerprint density at radius 3 is 2.02 bits per heavy atom. The zero-order chi connectivity index (χ0) is 30.5. The summed E-state index contributed by atoms with van der Waals surface area (Å²) in [5.74, 6) is -0.737. The van der Waals surface area contributed by atoms with Crippen molar-refractivity contribution in [1.29, 1.82) is 0 Å². The van der Waals surface area contributed by atoms with Gasteiger partial charge in [-0.25, -0.2) is 8.42 Å². The van der Waals surface area contributed by atoms with E-state index in [-0.39, 0.29) is 17.3 Å². The molecule has 0 aromatic heterocycles. The van der Waals surface area contributed by atoms with Crippen LogP contribution in [0.4, 0.5) is 5.69 Å². The van der Waals surface area contributed by atoms with Gasteiger partial charge >= 0.3 is 0 Å². The van der Waals surface area contributed by atoms with E-state index in [0.717, 1.165) is 27.8 Å². The molecule has 0 aliphatic carbocycles. The Hall–Kier alpha value is -3.65. The summed E-state index contributed by atoms with van der Waals surface area (Å²) in [6, 6.07) is 19.0. The van der Waals surface area contributed by atoms with Crippen LogP contribution in [0, 0.1) is 27.7 Å². The highest BCUT2D eigenvalue weighted by Crippen LogP contribution is 2.28. The van der Waals surface area contributed by atoms with Crippen molar-refractivity contribution in [2.75, 3.05) is 10.8 Å². The quantitative estimate of drug-likeness (QED) is 0.328. The summed E-state index contributed by atoms with van der Waals surface area (Å²) in [6.07, 6.45) is 0.369. The summed E-state index contributed by atoms with van der Waals surface area (Å²) in [5.41, 5.74) is 4.46. The topological polar surface area (TPSA) is 86.8 Å². The number of anilines is 1. The number of rotatable bonds is 10. The fourth-order valence-corrected chi connectivity index (χ4v) is 6.29. The summed E-state index contributed by atoms with van der Waals surface area (Å²) >= 11 is 0. The first-order valence-corrected chi connectivity index (χ1v) is 15.4. The lowest BCUT2D eigenvalue weighted by molar-refractivity contribution is -0.141. The number of sulfonamides is 1. The van der Waals surface area contributed by atoms with E-state index in [0.29, 0.717) is 12.1 Å². The van der Waals surface area contributed by atoms with Gasteiger partial charge in [0.15, 0.2) is 0 Å². The van der Waals surface area contributed by atoms with Crippen LogP contribution in [0.25, 0.3) is 0 Å². The Bertz CT molecular complexity index is 1490. The molecule has 3 aromatic rings. The molecule has 0 spiro atoms. The standard InChI is InChI=1S/C33H43N3O4S/c1-9-29(32(38)34-33(6,7)8)35(21-27-12-10-11-24(3)20-27)31(37)22-36(30-18-15-25(4)19-26(30)5)41(39,40)28-16-13-23(2)14-17-28/h10-20,29H,9,21-22H2,1-8H3,(H,34,38)/t29-/m1/s1. The van der Waals surface area contributed by atoms with Crippen molar-refractivity contribution in [3.8, 4) is 0 Å². The molecular formula is C33H43N3O4S. The first kappa shape index (κ1) is 31.9. The summed E-state index contributed by atoms with van der Waals surface area (Å²) in [6.45, 7) is 14.9. The van der Waals surface area contributed by atoms with Crippen molar-refractivity contribution in [2.45, 2.75) is 84.8 Å². The van der Waals surface area contributed by atoms with Gasteiger partial charge in [-0.1, -0.05) is 72.1 Å². The van der Waals surface area contributed by atoms with Crippen LogP contribution in [0.3, 0.4) is 0 Å². The third-order valence-electron chi connectivity index (χ3n) is 6.83. The maximum atomic E-state index is 14.2. The van der Waals surface area contributed by atoms with Crippen LogP contribution in [0.5, 0.6) is 0 Å². The summed E-state index contributed by atoms with van der Waals surface area (Å²) in [4.78, 5) is 29.3. The minimum absolute atomic E-state index is 0.0960. The number of carbonyl (C=O) groups excluding carboxylic acids is 2. The maximum absolute atomic E-state index is 14.2. The molecule has 0 saturated carbocycles. The highest BCUT2D eigenvalue weighted by molar-refractivity contribution is 7.92. The Kier molecular flexibility index (Phi) is 10.0. The van der Waals surface area contributed by atoms with E-state index in [2.05, 4.69) is 5.32 Å². The van der Waals surface area contributed by atoms with Crippen LogP contribution < -0.4 is 9.62 Å². The fraction of sp³-hybridized carbons (Fsp3) is 0.394. The first-order valence-electron chi connectivity index (χ1n) is 14.0. The number of hydrogen-bond donors (Lipinski definition) is 1. The molecule has 220 valence electrons. The van der Waals surface area contributed by atoms with E-state index in [9.17, 15) is 18.0 Å². The molecule has 0 heterocycles. The van der Waals surface area contributed by atoms with Gasteiger partial charge in [-0.3, -0.25) is 13.9 Å². The average Bonchev–Trinajstić information content (AvgIpc) is 2.86. The normalized spacial score (nSPS) is 12.5. The van der Waals surface area contributed by atoms with Gasteiger partial charge < -0.3 is 10.2 Å². The molecule has 2 amide bonds. The molecule has 0 fully saturated rings. The molecule has 0 aliphatic rings. The lowest BCUT2D eigenvalue weighted by Crippen LogP contribution is -2.55. The van der Waals surface area contributed by atoms with Crippen molar-refractivity contribution >= 4 is 27.5 Å². The molecule has 1 N–H and O–H groups in total. The van der Waals surface area contributed by atoms with Gasteiger partial charge in [0.25, 0.3) is 10.0 Å². The number of aryl methyl sites for hydroxylation is 4. The SMILES string of the molecule is CC[C@H](C(=O)NC(C)(C)C)N(Cc1cccc(C)c1)C(=O)CN(c1ccc(C)cc1C)S(=O)(=O)c1ccc(C)cc1. The second-order valence-corrected chi connectivity index (χ2v) is 13.7. The van der Waals surface area contributed by atoms with Gasteiger partial charge in [0.05, 0.1) is 10.6 Å². The van der Waals surface area contributed by atoms with Crippen molar-refractivity contribution in [2.24, 2.45) is 0 Å². The molecule has 8 heteroatoms. The first-order chi connectivity index (χ1) is 19.1. The monoisotopic (exact) mass is 577 g/mol. The lowest BCUT2D eigenvalue weighted by Gasteiger charge is -2.35. The second-order valence-electron chi connectivity index (χ2n) is 11.8. The van der Waals surface area contributed by atoms with E-state index in [4.69, 9.17) is 0 Å². The highest BCUT2D eigenvalue weighted by atomic mass is 32.2. The lowest BCUT2D eigenvalue weighted by atomic mass is 10.0. The predicted molar refractivity (Wildman–Crippen MR) is 165 cm³/mol. The minimum atomic E-state index is -4.11. The van der Waals surface area contributed by atoms with Crippen LogP contribution in [0.2, 0.25) is 0 Å². The number of hydrogen-bond acceptors (Lipinski definition) is 4. The molecule has 7 nitrogen and oxygen atoms in total. The largest absolute Gasteiger partial charge is 0.350 e. The number of amides is 2. The molecule has 1 atom stereocenters. The molecule has 0 unspecified atom stereocenters. The smallest absolute Gasteiger partial charge is 0.264 e. The Morgan fingerprint density at radius 2 is 1.46 bits per heavy atom. The summed E-state index contributed by atoms with van der Waals surface area (Å²) in [7, 11) is -4.11. The van der Waals surface area contributed by atoms with Crippen LogP contribution in [0.15, 0.2) is 71.6 Å². The van der Waals surface area contributed by atoms with Gasteiger partial charge in [-0.2, -0.15) is 0 Å². The van der Waals surface area contributed by atoms with Gasteiger partial charge in [0.1, 0.15) is 12.6 Å². The minimum Gasteiger partial charge on any atom is -0.350 e. The van der Waals surface area contributed by atoms with E-state index in [1.165, 1.54) is 9.21 Å². The maximum Gasteiger partial charge on any atom is 0.264 e. The summed E-state index contributed by atoms with van der Waals surface area (Å²) < 4.78 is 29.3. The fourth-order valence-electron chi connectivity index (χ4n) is 4.82. The van der Waals surface area contributed by atoms with Crippen LogP contribution >= 0.6 is 0 Å². The molecule has 0 aliphatic heterocycles. The Labute approximate surface area is 245 Å². The van der Waals surface area contributed by atoms with E-state index in [1.807, 2.05) is 91.8 Å². The molecule has 0 bridgehead atoms. The molecule has 0 saturated heterocycles. The third-order valence-corrected chi connectivity index (χ3v) is 8.60. The van der Waals surface area contributed by atoms with Crippen LogP contribution in [-0.2, 0) is 26.2 Å². The van der Waals surface area contributed by atoms with Crippen molar-refractivity contribution in [3.63, 3.8) is 0 Å². The van der Waals surface area contributed by atoms with Crippen LogP contribution in [0.1, 0.15) is 61.9 Å². The van der Waals surface area contributed by atoms with Crippen molar-refractivity contribution < 1.29 is 18.0 Å². The predicted octanol–water partition coefficient (Wildman–Crippen LogP) is 5.84. The zero-order valence-electron chi connectivity index (χ0n) is 25.5. The highest BCUT2D eigenvalue weighted by Gasteiger charge is 2.35. The van der Waals surface area contributed by atoms with Crippen molar-refractivity contribution in [1.82, 2.24) is 10.2 Å². The van der Waals surface area contributed by atoms with Gasteiger partial charge in [-0.15, -0.1) is 0 Å². The number of benzene rings is 3. The zero-order valence-corrected chi connectivity index (χ0v) is 26.3. The van der Waals surface area contributed by atoms with E-state index in [1.54, 1.807) is 30.3 Å². The van der Waals surface area contributed by atoms with E-state index < -0.39 is 34.1 Å². The summed E-state index contributed by atoms with van der Waals surface area (Å²) in [5, 5.41) is 3.00. The number of nitrogens with zero attached hydrogens (tertiary/aromatic N) is 2. The second kappa shape index (κ2) is 12.9. The van der Waals surface area contributed by atoms with E-state index >= 15 is 0 Å². The Balaban J connectivity index is 2.11. The number of carbonyl (C=O) groups is 2. The van der Waals surface area contributed by atoms with Crippen LogP contribution in [-0.4, -0.2) is 43.3 Å². The Morgan fingerprint density at radius 1 is 0.854 bits per heavy atom. The molecule has 41 heavy (non-hydrogen) atoms. The van der Waals surface area contributed by atoms with Gasteiger partial charge in [-0.05, 0) is 84.2 Å². The van der Waals surface area contributed by atoms with Crippen molar-refractivity contribution in [3.05, 3.63) is 94.5 Å². The average molecular weight is 578 g/mol. The molecular weight excluding hydrogens is 534 g/mol. The molecule has 3 aromatic carbocycles. The molecule has 0 radical (unpaired) electrons. The van der Waals surface area contributed by atoms with Gasteiger partial charge in [0.2, 0.25) is 11.8 Å². The molecule has 3 rings (SSSR count). The van der Waals surface area contributed by atoms with Gasteiger partial charge in [0, 0.05) is 12.1 Å². The number of nitrogens with one attached hydrogen (secondary N) is 1.